The number of rotatable bonds is 4. The van der Waals surface area contributed by atoms with Gasteiger partial charge in [-0.05, 0) is 44.9 Å². The molecule has 5 nitrogen and oxygen atoms in total. The Kier molecular flexibility index (Phi) is 4.29. The van der Waals surface area contributed by atoms with Crippen LogP contribution in [0.15, 0.2) is 0 Å². The van der Waals surface area contributed by atoms with Crippen LogP contribution in [-0.2, 0) is 0 Å². The lowest BCUT2D eigenvalue weighted by Gasteiger charge is -2.20. The fraction of sp³-hybridized carbons (Fsp3) is 0.750. The fourth-order valence-electron chi connectivity index (χ4n) is 3.16. The van der Waals surface area contributed by atoms with Crippen LogP contribution >= 0.6 is 0 Å². The number of anilines is 2. The predicted octanol–water partition coefficient (Wildman–Crippen LogP) is 3.33. The first-order chi connectivity index (χ1) is 10.2. The fourth-order valence-corrected chi connectivity index (χ4v) is 3.16. The third-order valence-corrected chi connectivity index (χ3v) is 4.84. The molecular formula is C16H27N5. The summed E-state index contributed by atoms with van der Waals surface area (Å²) in [4.78, 5) is 9.32. The molecule has 0 radical (unpaired) electrons. The van der Waals surface area contributed by atoms with Crippen LogP contribution in [0.3, 0.4) is 0 Å². The van der Waals surface area contributed by atoms with Gasteiger partial charge >= 0.3 is 0 Å². The van der Waals surface area contributed by atoms with Gasteiger partial charge in [-0.25, -0.2) is 15.8 Å². The van der Waals surface area contributed by atoms with Gasteiger partial charge in [0.25, 0.3) is 0 Å². The lowest BCUT2D eigenvalue weighted by molar-refractivity contribution is 0.501. The van der Waals surface area contributed by atoms with Crippen LogP contribution in [-0.4, -0.2) is 16.0 Å². The molecule has 2 aliphatic rings. The van der Waals surface area contributed by atoms with Gasteiger partial charge in [-0.2, -0.15) is 0 Å². The van der Waals surface area contributed by atoms with Gasteiger partial charge in [0.05, 0.1) is 0 Å². The Balaban J connectivity index is 1.78. The normalized spacial score (nSPS) is 26.2. The number of hydrogen-bond acceptors (Lipinski definition) is 5. The topological polar surface area (TPSA) is 75.9 Å². The van der Waals surface area contributed by atoms with Gasteiger partial charge in [0.15, 0.2) is 0 Å². The van der Waals surface area contributed by atoms with E-state index in [0.717, 1.165) is 28.9 Å². The lowest BCUT2D eigenvalue weighted by atomic mass is 10.0. The van der Waals surface area contributed by atoms with E-state index in [1.54, 1.807) is 0 Å². The number of nitrogens with two attached hydrogens (primary N) is 1. The Morgan fingerprint density at radius 2 is 1.76 bits per heavy atom. The van der Waals surface area contributed by atoms with Gasteiger partial charge in [0.2, 0.25) is 0 Å². The van der Waals surface area contributed by atoms with E-state index >= 15 is 0 Å². The summed E-state index contributed by atoms with van der Waals surface area (Å²) in [5, 5.41) is 3.66. The van der Waals surface area contributed by atoms with Crippen LogP contribution < -0.4 is 16.6 Å². The first kappa shape index (κ1) is 14.6. The minimum absolute atomic E-state index is 0.529. The van der Waals surface area contributed by atoms with Crippen molar-refractivity contribution < 1.29 is 0 Å². The molecule has 0 amide bonds. The van der Waals surface area contributed by atoms with E-state index in [9.17, 15) is 0 Å². The van der Waals surface area contributed by atoms with Gasteiger partial charge in [0.1, 0.15) is 17.5 Å². The van der Waals surface area contributed by atoms with Gasteiger partial charge in [0, 0.05) is 17.5 Å². The number of nitrogen functional groups attached to an aromatic ring is 1. The number of aromatic nitrogens is 2. The third-order valence-electron chi connectivity index (χ3n) is 4.84. The molecule has 1 aromatic rings. The number of nitrogens with zero attached hydrogens (tertiary/aromatic N) is 2. The molecule has 3 rings (SSSR count). The van der Waals surface area contributed by atoms with E-state index in [4.69, 9.17) is 10.8 Å². The summed E-state index contributed by atoms with van der Waals surface area (Å²) in [6.07, 6.45) is 8.83. The highest BCUT2D eigenvalue weighted by molar-refractivity contribution is 5.57. The summed E-state index contributed by atoms with van der Waals surface area (Å²) >= 11 is 0. The summed E-state index contributed by atoms with van der Waals surface area (Å²) in [5.41, 5.74) is 3.75. The average Bonchev–Trinajstić information content (AvgIpc) is 3.30. The van der Waals surface area contributed by atoms with Crippen molar-refractivity contribution >= 4 is 11.6 Å². The van der Waals surface area contributed by atoms with Crippen molar-refractivity contribution in [1.82, 2.24) is 9.97 Å². The average molecular weight is 289 g/mol. The second-order valence-corrected chi connectivity index (χ2v) is 6.78. The zero-order valence-corrected chi connectivity index (χ0v) is 13.2. The summed E-state index contributed by atoms with van der Waals surface area (Å²) < 4.78 is 0. The Labute approximate surface area is 127 Å². The Bertz CT molecular complexity index is 498. The highest BCUT2D eigenvalue weighted by atomic mass is 15.3. The van der Waals surface area contributed by atoms with Gasteiger partial charge < -0.3 is 10.7 Å². The van der Waals surface area contributed by atoms with Crippen LogP contribution in [0, 0.1) is 12.8 Å². The first-order valence-corrected chi connectivity index (χ1v) is 8.29. The van der Waals surface area contributed by atoms with E-state index in [1.165, 1.54) is 44.9 Å². The molecule has 0 bridgehead atoms. The molecule has 1 aromatic heterocycles. The summed E-state index contributed by atoms with van der Waals surface area (Å²) in [6, 6.07) is 0.529. The maximum atomic E-state index is 5.62. The van der Waals surface area contributed by atoms with Crippen molar-refractivity contribution in [2.45, 2.75) is 70.8 Å². The third kappa shape index (κ3) is 3.46. The second-order valence-electron chi connectivity index (χ2n) is 6.78. The molecule has 0 aliphatic heterocycles. The van der Waals surface area contributed by atoms with Crippen molar-refractivity contribution in [2.75, 3.05) is 10.7 Å². The molecule has 2 atom stereocenters. The molecular weight excluding hydrogens is 262 g/mol. The van der Waals surface area contributed by atoms with Crippen LogP contribution in [0.5, 0.6) is 0 Å². The number of nitrogens with one attached hydrogen (secondary N) is 2. The molecule has 0 spiro atoms. The lowest BCUT2D eigenvalue weighted by Crippen LogP contribution is -2.22. The Morgan fingerprint density at radius 1 is 1.00 bits per heavy atom. The van der Waals surface area contributed by atoms with Crippen LogP contribution in [0.1, 0.15) is 69.2 Å². The first-order valence-electron chi connectivity index (χ1n) is 8.29. The highest BCUT2D eigenvalue weighted by Crippen LogP contribution is 2.39. The zero-order chi connectivity index (χ0) is 14.8. The van der Waals surface area contributed by atoms with Crippen molar-refractivity contribution in [3.05, 3.63) is 11.4 Å². The highest BCUT2D eigenvalue weighted by Gasteiger charge is 2.28. The maximum Gasteiger partial charge on any atom is 0.148 e. The minimum Gasteiger partial charge on any atom is -0.367 e. The molecule has 21 heavy (non-hydrogen) atoms. The van der Waals surface area contributed by atoms with E-state index < -0.39 is 0 Å². The molecule has 2 saturated carbocycles. The van der Waals surface area contributed by atoms with Crippen LogP contribution in [0.25, 0.3) is 0 Å². The zero-order valence-electron chi connectivity index (χ0n) is 13.2. The Hall–Kier alpha value is -1.36. The summed E-state index contributed by atoms with van der Waals surface area (Å²) in [7, 11) is 0. The van der Waals surface area contributed by atoms with E-state index in [1.807, 2.05) is 6.92 Å². The molecule has 5 heteroatoms. The van der Waals surface area contributed by atoms with Gasteiger partial charge in [-0.1, -0.05) is 19.8 Å². The van der Waals surface area contributed by atoms with Crippen molar-refractivity contribution in [3.8, 4) is 0 Å². The van der Waals surface area contributed by atoms with E-state index in [0.29, 0.717) is 12.0 Å². The molecule has 2 unspecified atom stereocenters. The van der Waals surface area contributed by atoms with Gasteiger partial charge in [-0.15, -0.1) is 0 Å². The molecule has 0 aromatic carbocycles. The molecule has 4 N–H and O–H groups in total. The molecule has 1 heterocycles. The summed E-state index contributed by atoms with van der Waals surface area (Å²) in [6.45, 7) is 4.40. The van der Waals surface area contributed by atoms with Crippen molar-refractivity contribution in [2.24, 2.45) is 11.8 Å². The van der Waals surface area contributed by atoms with Crippen LogP contribution in [0.4, 0.5) is 11.6 Å². The largest absolute Gasteiger partial charge is 0.367 e. The summed E-state index contributed by atoms with van der Waals surface area (Å²) in [5.74, 6) is 9.68. The monoisotopic (exact) mass is 289 g/mol. The number of hydrogen-bond donors (Lipinski definition) is 3. The molecule has 116 valence electrons. The van der Waals surface area contributed by atoms with Crippen LogP contribution in [0.2, 0.25) is 0 Å². The minimum atomic E-state index is 0.529. The molecule has 2 fully saturated rings. The van der Waals surface area contributed by atoms with Crippen molar-refractivity contribution in [1.29, 1.82) is 0 Å². The van der Waals surface area contributed by atoms with E-state index in [2.05, 4.69) is 22.7 Å². The van der Waals surface area contributed by atoms with Crippen molar-refractivity contribution in [3.63, 3.8) is 0 Å². The quantitative estimate of drug-likeness (QED) is 0.450. The number of hydrazine groups is 1. The van der Waals surface area contributed by atoms with E-state index in [-0.39, 0.29) is 0 Å². The molecule has 2 aliphatic carbocycles. The smallest absolute Gasteiger partial charge is 0.148 e. The molecule has 0 saturated heterocycles. The predicted molar refractivity (Wildman–Crippen MR) is 86.2 cm³/mol. The second kappa shape index (κ2) is 6.18. The standard InChI is InChI=1S/C16H27N5/c1-10-4-3-5-13(9-6-10)18-14-11(2)15(21-17)20-16(19-14)12-7-8-12/h10,12-13H,3-9,17H2,1-2H3,(H2,18,19,20,21). The van der Waals surface area contributed by atoms with Gasteiger partial charge in [-0.3, -0.25) is 0 Å². The SMILES string of the molecule is Cc1c(NN)nc(C2CC2)nc1NC1CCCC(C)CC1. The Morgan fingerprint density at radius 3 is 2.48 bits per heavy atom. The maximum absolute atomic E-state index is 5.62.